The molecule has 0 saturated carbocycles. The van der Waals surface area contributed by atoms with E-state index in [1.54, 1.807) is 0 Å². The Morgan fingerprint density at radius 3 is 1.44 bits per heavy atom. The van der Waals surface area contributed by atoms with Gasteiger partial charge in [-0.25, -0.2) is 9.59 Å². The maximum absolute atomic E-state index is 12.6. The van der Waals surface area contributed by atoms with Crippen LogP contribution in [-0.2, 0) is 19.1 Å². The predicted molar refractivity (Wildman–Crippen MR) is 102 cm³/mol. The Kier molecular flexibility index (Phi) is 13.2. The van der Waals surface area contributed by atoms with Gasteiger partial charge < -0.3 is 9.47 Å². The fourth-order valence-corrected chi connectivity index (χ4v) is 2.32. The van der Waals surface area contributed by atoms with Crippen molar-refractivity contribution in [1.82, 2.24) is 0 Å². The van der Waals surface area contributed by atoms with E-state index in [-0.39, 0.29) is 23.8 Å². The summed E-state index contributed by atoms with van der Waals surface area (Å²) in [5, 5.41) is 0. The SMILES string of the molecule is CCCCCC(C(=O)OCC(C)C)=C(CCCC)C(=O)OCC(C)C. The molecule has 0 aromatic rings. The zero-order chi connectivity index (χ0) is 19.2. The average Bonchev–Trinajstić information content (AvgIpc) is 2.56. The number of carbonyl (C=O) groups excluding carboxylic acids is 2. The lowest BCUT2D eigenvalue weighted by atomic mass is 9.97. The zero-order valence-electron chi connectivity index (χ0n) is 17.2. The summed E-state index contributed by atoms with van der Waals surface area (Å²) >= 11 is 0. The Morgan fingerprint density at radius 2 is 1.08 bits per heavy atom. The van der Waals surface area contributed by atoms with E-state index in [2.05, 4.69) is 13.8 Å². The lowest BCUT2D eigenvalue weighted by Gasteiger charge is -2.16. The fourth-order valence-electron chi connectivity index (χ4n) is 2.32. The first-order chi connectivity index (χ1) is 11.8. The summed E-state index contributed by atoms with van der Waals surface area (Å²) in [5.41, 5.74) is 1.05. The summed E-state index contributed by atoms with van der Waals surface area (Å²) in [6, 6.07) is 0. The van der Waals surface area contributed by atoms with Gasteiger partial charge in [0.05, 0.1) is 13.2 Å². The second-order valence-electron chi connectivity index (χ2n) is 7.50. The highest BCUT2D eigenvalue weighted by Crippen LogP contribution is 2.22. The van der Waals surface area contributed by atoms with Gasteiger partial charge in [0.15, 0.2) is 0 Å². The van der Waals surface area contributed by atoms with Crippen LogP contribution in [0.4, 0.5) is 0 Å². The Bertz CT molecular complexity index is 422. The van der Waals surface area contributed by atoms with Crippen LogP contribution in [0.3, 0.4) is 0 Å². The molecule has 0 aromatic carbocycles. The molecule has 0 bridgehead atoms. The third-order valence-electron chi connectivity index (χ3n) is 3.76. The molecule has 0 radical (unpaired) electrons. The van der Waals surface area contributed by atoms with Crippen LogP contribution >= 0.6 is 0 Å². The molecule has 0 aliphatic rings. The van der Waals surface area contributed by atoms with Crippen molar-refractivity contribution in [2.24, 2.45) is 11.8 Å². The van der Waals surface area contributed by atoms with Gasteiger partial charge in [-0.05, 0) is 37.5 Å². The van der Waals surface area contributed by atoms with Crippen LogP contribution < -0.4 is 0 Å². The third-order valence-corrected chi connectivity index (χ3v) is 3.76. The Labute approximate surface area is 154 Å². The highest BCUT2D eigenvalue weighted by Gasteiger charge is 2.23. The molecule has 0 saturated heterocycles. The largest absolute Gasteiger partial charge is 0.462 e. The average molecular weight is 355 g/mol. The molecule has 0 N–H and O–H groups in total. The summed E-state index contributed by atoms with van der Waals surface area (Å²) < 4.78 is 10.8. The molecule has 0 atom stereocenters. The molecular weight excluding hydrogens is 316 g/mol. The van der Waals surface area contributed by atoms with Gasteiger partial charge >= 0.3 is 11.9 Å². The second-order valence-corrected chi connectivity index (χ2v) is 7.50. The fraction of sp³-hybridized carbons (Fsp3) is 0.810. The first-order valence-electron chi connectivity index (χ1n) is 9.89. The van der Waals surface area contributed by atoms with Crippen LogP contribution in [0.25, 0.3) is 0 Å². The Hall–Kier alpha value is -1.32. The van der Waals surface area contributed by atoms with Gasteiger partial charge in [0.1, 0.15) is 0 Å². The molecule has 0 unspecified atom stereocenters. The van der Waals surface area contributed by atoms with Crippen molar-refractivity contribution in [3.8, 4) is 0 Å². The molecule has 0 spiro atoms. The number of ether oxygens (including phenoxy) is 2. The first kappa shape index (κ1) is 23.7. The molecule has 4 nitrogen and oxygen atoms in total. The van der Waals surface area contributed by atoms with Gasteiger partial charge in [-0.2, -0.15) is 0 Å². The molecule has 0 aliphatic carbocycles. The van der Waals surface area contributed by atoms with E-state index in [0.29, 0.717) is 37.2 Å². The maximum Gasteiger partial charge on any atom is 0.334 e. The first-order valence-corrected chi connectivity index (χ1v) is 9.89. The molecule has 0 rings (SSSR count). The lowest BCUT2D eigenvalue weighted by molar-refractivity contribution is -0.143. The van der Waals surface area contributed by atoms with E-state index >= 15 is 0 Å². The van der Waals surface area contributed by atoms with Gasteiger partial charge in [-0.1, -0.05) is 60.8 Å². The molecule has 0 aromatic heterocycles. The number of rotatable bonds is 13. The van der Waals surface area contributed by atoms with Crippen molar-refractivity contribution < 1.29 is 19.1 Å². The monoisotopic (exact) mass is 354 g/mol. The van der Waals surface area contributed by atoms with Gasteiger partial charge in [-0.15, -0.1) is 0 Å². The zero-order valence-corrected chi connectivity index (χ0v) is 17.2. The quantitative estimate of drug-likeness (QED) is 0.251. The van der Waals surface area contributed by atoms with Crippen molar-refractivity contribution in [3.05, 3.63) is 11.1 Å². The number of hydrogen-bond donors (Lipinski definition) is 0. The summed E-state index contributed by atoms with van der Waals surface area (Å²) in [5.74, 6) is -0.159. The summed E-state index contributed by atoms with van der Waals surface area (Å²) in [6.45, 7) is 12.9. The Morgan fingerprint density at radius 1 is 0.680 bits per heavy atom. The molecule has 0 heterocycles. The van der Waals surface area contributed by atoms with Crippen LogP contribution in [0.5, 0.6) is 0 Å². The molecule has 0 fully saturated rings. The maximum atomic E-state index is 12.6. The van der Waals surface area contributed by atoms with E-state index in [4.69, 9.17) is 9.47 Å². The highest BCUT2D eigenvalue weighted by molar-refractivity contribution is 6.00. The minimum Gasteiger partial charge on any atom is -0.462 e. The number of carbonyl (C=O) groups is 2. The van der Waals surface area contributed by atoms with Crippen LogP contribution in [0.15, 0.2) is 11.1 Å². The van der Waals surface area contributed by atoms with Gasteiger partial charge in [0.25, 0.3) is 0 Å². The predicted octanol–water partition coefficient (Wildman–Crippen LogP) is 5.45. The van der Waals surface area contributed by atoms with Crippen molar-refractivity contribution in [2.45, 2.75) is 86.5 Å². The Balaban J connectivity index is 5.43. The molecule has 25 heavy (non-hydrogen) atoms. The number of esters is 2. The summed E-state index contributed by atoms with van der Waals surface area (Å²) in [4.78, 5) is 25.2. The summed E-state index contributed by atoms with van der Waals surface area (Å²) in [7, 11) is 0. The smallest absolute Gasteiger partial charge is 0.334 e. The van der Waals surface area contributed by atoms with Crippen molar-refractivity contribution >= 4 is 11.9 Å². The van der Waals surface area contributed by atoms with E-state index in [1.807, 2.05) is 27.7 Å². The molecule has 0 aliphatic heterocycles. The summed E-state index contributed by atoms with van der Waals surface area (Å²) in [6.07, 6.45) is 5.96. The van der Waals surface area contributed by atoms with E-state index in [1.165, 1.54) is 0 Å². The normalized spacial score (nSPS) is 12.3. The molecular formula is C21H38O4. The van der Waals surface area contributed by atoms with Gasteiger partial charge in [0.2, 0.25) is 0 Å². The molecule has 0 amide bonds. The van der Waals surface area contributed by atoms with Crippen molar-refractivity contribution in [3.63, 3.8) is 0 Å². The molecule has 146 valence electrons. The van der Waals surface area contributed by atoms with Crippen LogP contribution in [0, 0.1) is 11.8 Å². The van der Waals surface area contributed by atoms with Gasteiger partial charge in [0, 0.05) is 11.1 Å². The van der Waals surface area contributed by atoms with E-state index in [9.17, 15) is 9.59 Å². The van der Waals surface area contributed by atoms with E-state index in [0.717, 1.165) is 32.1 Å². The second kappa shape index (κ2) is 13.9. The number of unbranched alkanes of at least 4 members (excludes halogenated alkanes) is 3. The standard InChI is InChI=1S/C21H38O4/c1-7-9-11-13-19(21(23)25-15-17(5)6)18(12-10-8-2)20(22)24-14-16(3)4/h16-17H,7-15H2,1-6H3. The lowest BCUT2D eigenvalue weighted by Crippen LogP contribution is -2.20. The topological polar surface area (TPSA) is 52.6 Å². The van der Waals surface area contributed by atoms with Crippen molar-refractivity contribution in [1.29, 1.82) is 0 Å². The minimum atomic E-state index is -0.352. The van der Waals surface area contributed by atoms with Crippen molar-refractivity contribution in [2.75, 3.05) is 13.2 Å². The number of hydrogen-bond acceptors (Lipinski definition) is 4. The van der Waals surface area contributed by atoms with Crippen LogP contribution in [0.2, 0.25) is 0 Å². The van der Waals surface area contributed by atoms with Gasteiger partial charge in [-0.3, -0.25) is 0 Å². The molecule has 4 heteroatoms. The minimum absolute atomic E-state index is 0.271. The van der Waals surface area contributed by atoms with Crippen LogP contribution in [0.1, 0.15) is 86.5 Å². The third kappa shape index (κ3) is 11.0. The highest BCUT2D eigenvalue weighted by atomic mass is 16.5. The van der Waals surface area contributed by atoms with Crippen LogP contribution in [-0.4, -0.2) is 25.2 Å². The van der Waals surface area contributed by atoms with E-state index < -0.39 is 0 Å².